The number of aryl methyl sites for hydroxylation is 1. The molecule has 0 aliphatic carbocycles. The van der Waals surface area contributed by atoms with Gasteiger partial charge in [-0.2, -0.15) is 0 Å². The monoisotopic (exact) mass is 262 g/mol. The Morgan fingerprint density at radius 3 is 2.79 bits per heavy atom. The van der Waals surface area contributed by atoms with E-state index in [1.807, 2.05) is 6.92 Å². The van der Waals surface area contributed by atoms with Gasteiger partial charge in [0, 0.05) is 25.2 Å². The Morgan fingerprint density at radius 2 is 2.11 bits per heavy atom. The van der Waals surface area contributed by atoms with Gasteiger partial charge in [-0.3, -0.25) is 0 Å². The summed E-state index contributed by atoms with van der Waals surface area (Å²) in [5, 5.41) is 3.42. The van der Waals surface area contributed by atoms with E-state index >= 15 is 0 Å². The summed E-state index contributed by atoms with van der Waals surface area (Å²) in [4.78, 5) is 11.6. The average molecular weight is 262 g/mol. The number of anilines is 2. The molecule has 0 aromatic carbocycles. The molecule has 1 atom stereocenters. The maximum absolute atomic E-state index is 4.67. The Bertz CT molecular complexity index is 430. The Kier molecular flexibility index (Phi) is 4.61. The van der Waals surface area contributed by atoms with Crippen LogP contribution in [-0.2, 0) is 0 Å². The molecule has 4 nitrogen and oxygen atoms in total. The highest BCUT2D eigenvalue weighted by Crippen LogP contribution is 2.27. The van der Waals surface area contributed by atoms with Gasteiger partial charge in [0.25, 0.3) is 0 Å². The quantitative estimate of drug-likeness (QED) is 0.905. The molecule has 1 aliphatic heterocycles. The molecule has 0 spiro atoms. The fourth-order valence-electron chi connectivity index (χ4n) is 2.72. The van der Waals surface area contributed by atoms with Gasteiger partial charge in [-0.1, -0.05) is 13.8 Å². The lowest BCUT2D eigenvalue weighted by Gasteiger charge is -2.33. The summed E-state index contributed by atoms with van der Waals surface area (Å²) in [5.74, 6) is 3.74. The van der Waals surface area contributed by atoms with Crippen LogP contribution >= 0.6 is 0 Å². The van der Waals surface area contributed by atoms with E-state index < -0.39 is 0 Å². The van der Waals surface area contributed by atoms with Crippen LogP contribution in [0.3, 0.4) is 0 Å². The smallest absolute Gasteiger partial charge is 0.137 e. The molecule has 2 rings (SSSR count). The summed E-state index contributed by atoms with van der Waals surface area (Å²) in [6, 6.07) is 0. The van der Waals surface area contributed by atoms with Gasteiger partial charge in [-0.05, 0) is 39.0 Å². The number of aromatic nitrogens is 2. The zero-order valence-corrected chi connectivity index (χ0v) is 12.7. The average Bonchev–Trinajstić information content (AvgIpc) is 2.39. The Morgan fingerprint density at radius 1 is 1.32 bits per heavy atom. The second-order valence-electron chi connectivity index (χ2n) is 5.69. The molecule has 2 heterocycles. The second kappa shape index (κ2) is 6.22. The van der Waals surface area contributed by atoms with Crippen LogP contribution < -0.4 is 10.2 Å². The predicted molar refractivity (Wildman–Crippen MR) is 80.9 cm³/mol. The molecule has 1 saturated heterocycles. The van der Waals surface area contributed by atoms with Crippen molar-refractivity contribution < 1.29 is 0 Å². The molecule has 0 amide bonds. The van der Waals surface area contributed by atoms with Crippen molar-refractivity contribution in [1.29, 1.82) is 0 Å². The van der Waals surface area contributed by atoms with Crippen LogP contribution in [0.2, 0.25) is 0 Å². The first-order valence-electron chi connectivity index (χ1n) is 7.45. The summed E-state index contributed by atoms with van der Waals surface area (Å²) in [7, 11) is 0. The number of nitrogens with one attached hydrogen (secondary N) is 1. The largest absolute Gasteiger partial charge is 0.370 e. The first kappa shape index (κ1) is 14.1. The third kappa shape index (κ3) is 3.37. The first-order chi connectivity index (χ1) is 9.11. The Balaban J connectivity index is 2.26. The van der Waals surface area contributed by atoms with E-state index in [1.54, 1.807) is 0 Å². The number of rotatable bonds is 4. The van der Waals surface area contributed by atoms with Gasteiger partial charge in [0.1, 0.15) is 17.5 Å². The normalized spacial score (nSPS) is 19.6. The van der Waals surface area contributed by atoms with Crippen LogP contribution in [0.25, 0.3) is 0 Å². The third-order valence-electron chi connectivity index (χ3n) is 3.73. The summed E-state index contributed by atoms with van der Waals surface area (Å²) in [5.41, 5.74) is 1.19. The maximum atomic E-state index is 4.67. The van der Waals surface area contributed by atoms with Crippen LogP contribution in [0, 0.1) is 19.8 Å². The topological polar surface area (TPSA) is 41.1 Å². The zero-order valence-electron chi connectivity index (χ0n) is 12.7. The highest BCUT2D eigenvalue weighted by Gasteiger charge is 2.21. The molecule has 0 radical (unpaired) electrons. The molecule has 1 unspecified atom stereocenters. The summed E-state index contributed by atoms with van der Waals surface area (Å²) >= 11 is 0. The van der Waals surface area contributed by atoms with Crippen molar-refractivity contribution >= 4 is 11.6 Å². The minimum absolute atomic E-state index is 0.760. The number of piperidine rings is 1. The minimum atomic E-state index is 0.760. The minimum Gasteiger partial charge on any atom is -0.370 e. The van der Waals surface area contributed by atoms with Crippen molar-refractivity contribution in [2.24, 2.45) is 5.92 Å². The van der Waals surface area contributed by atoms with Crippen LogP contribution in [0.5, 0.6) is 0 Å². The van der Waals surface area contributed by atoms with Crippen LogP contribution in [0.4, 0.5) is 11.6 Å². The van der Waals surface area contributed by atoms with Crippen molar-refractivity contribution in [3.8, 4) is 0 Å². The molecule has 1 aromatic rings. The van der Waals surface area contributed by atoms with Gasteiger partial charge in [0.15, 0.2) is 0 Å². The molecule has 4 heteroatoms. The van der Waals surface area contributed by atoms with E-state index in [0.717, 1.165) is 49.4 Å². The van der Waals surface area contributed by atoms with Gasteiger partial charge < -0.3 is 10.2 Å². The lowest BCUT2D eigenvalue weighted by atomic mass is 10.00. The van der Waals surface area contributed by atoms with Crippen LogP contribution in [0.15, 0.2) is 0 Å². The molecular weight excluding hydrogens is 236 g/mol. The number of hydrogen-bond donors (Lipinski definition) is 1. The molecule has 0 bridgehead atoms. The van der Waals surface area contributed by atoms with E-state index in [0.29, 0.717) is 0 Å². The SMILES string of the molecule is CCCNc1nc(C)nc(N2CCCC(C)C2)c1C. The van der Waals surface area contributed by atoms with Gasteiger partial charge >= 0.3 is 0 Å². The van der Waals surface area contributed by atoms with Crippen molar-refractivity contribution in [2.75, 3.05) is 29.9 Å². The van der Waals surface area contributed by atoms with Gasteiger partial charge in [-0.25, -0.2) is 9.97 Å². The summed E-state index contributed by atoms with van der Waals surface area (Å²) < 4.78 is 0. The molecule has 0 saturated carbocycles. The molecule has 19 heavy (non-hydrogen) atoms. The maximum Gasteiger partial charge on any atom is 0.137 e. The first-order valence-corrected chi connectivity index (χ1v) is 7.45. The third-order valence-corrected chi connectivity index (χ3v) is 3.73. The van der Waals surface area contributed by atoms with E-state index in [9.17, 15) is 0 Å². The second-order valence-corrected chi connectivity index (χ2v) is 5.69. The molecule has 1 aliphatic rings. The fraction of sp³-hybridized carbons (Fsp3) is 0.733. The highest BCUT2D eigenvalue weighted by atomic mass is 15.2. The van der Waals surface area contributed by atoms with Crippen molar-refractivity contribution in [1.82, 2.24) is 9.97 Å². The van der Waals surface area contributed by atoms with Crippen molar-refractivity contribution in [2.45, 2.75) is 47.0 Å². The van der Waals surface area contributed by atoms with Crippen LogP contribution in [-0.4, -0.2) is 29.6 Å². The lowest BCUT2D eigenvalue weighted by Crippen LogP contribution is -2.35. The predicted octanol–water partition coefficient (Wildman–Crippen LogP) is 3.15. The Labute approximate surface area is 116 Å². The van der Waals surface area contributed by atoms with Gasteiger partial charge in [0.05, 0.1) is 0 Å². The van der Waals surface area contributed by atoms with E-state index in [1.165, 1.54) is 18.4 Å². The van der Waals surface area contributed by atoms with Gasteiger partial charge in [-0.15, -0.1) is 0 Å². The fourth-order valence-corrected chi connectivity index (χ4v) is 2.72. The highest BCUT2D eigenvalue weighted by molar-refractivity contribution is 5.58. The lowest BCUT2D eigenvalue weighted by molar-refractivity contribution is 0.444. The van der Waals surface area contributed by atoms with E-state index in [4.69, 9.17) is 0 Å². The van der Waals surface area contributed by atoms with Crippen LogP contribution in [0.1, 0.15) is 44.5 Å². The van der Waals surface area contributed by atoms with Gasteiger partial charge in [0.2, 0.25) is 0 Å². The van der Waals surface area contributed by atoms with E-state index in [-0.39, 0.29) is 0 Å². The molecular formula is C15H26N4. The molecule has 1 aromatic heterocycles. The zero-order chi connectivity index (χ0) is 13.8. The molecule has 106 valence electrons. The van der Waals surface area contributed by atoms with Crippen molar-refractivity contribution in [3.05, 3.63) is 11.4 Å². The number of hydrogen-bond acceptors (Lipinski definition) is 4. The van der Waals surface area contributed by atoms with Crippen molar-refractivity contribution in [3.63, 3.8) is 0 Å². The summed E-state index contributed by atoms with van der Waals surface area (Å²) in [6.45, 7) is 11.8. The number of nitrogens with zero attached hydrogens (tertiary/aromatic N) is 3. The standard InChI is InChI=1S/C15H26N4/c1-5-8-16-14-12(3)15(18-13(4)17-14)19-9-6-7-11(2)10-19/h11H,5-10H2,1-4H3,(H,16,17,18). The summed E-state index contributed by atoms with van der Waals surface area (Å²) in [6.07, 6.45) is 3.71. The molecule has 1 N–H and O–H groups in total. The molecule has 1 fully saturated rings. The Hall–Kier alpha value is -1.32. The van der Waals surface area contributed by atoms with E-state index in [2.05, 4.69) is 41.0 Å².